The Bertz CT molecular complexity index is 2850. The van der Waals surface area contributed by atoms with E-state index in [1.807, 2.05) is 36.4 Å². The van der Waals surface area contributed by atoms with Gasteiger partial charge in [-0.2, -0.15) is 0 Å². The molecule has 9 rings (SSSR count). The number of hydrogen-bond acceptors (Lipinski definition) is 17. The Hall–Kier alpha value is -5.29. The predicted octanol–water partition coefficient (Wildman–Crippen LogP) is 13.5. The molecule has 1 spiro atoms. The van der Waals surface area contributed by atoms with Gasteiger partial charge in [0.05, 0.1) is 46.1 Å². The van der Waals surface area contributed by atoms with Crippen molar-refractivity contribution in [1.29, 1.82) is 0 Å². The number of carbonyl (C=O) groups is 2. The highest BCUT2D eigenvalue weighted by molar-refractivity contribution is 7.49. The van der Waals surface area contributed by atoms with Crippen molar-refractivity contribution in [3.05, 3.63) is 215 Å². The first-order chi connectivity index (χ1) is 38.4. The van der Waals surface area contributed by atoms with E-state index in [0.29, 0.717) is 59.1 Å². The number of phosphoric acid groups is 3. The summed E-state index contributed by atoms with van der Waals surface area (Å²) in [5.74, 6) is -2.51. The van der Waals surface area contributed by atoms with Crippen LogP contribution < -0.4 is 0 Å². The Labute approximate surface area is 460 Å². The number of Topliss-reactive ketones (excluding diaryl/α,β-unsaturated/α-hetero) is 1. The highest BCUT2D eigenvalue weighted by Gasteiger charge is 2.67. The van der Waals surface area contributed by atoms with Crippen LogP contribution in [0.25, 0.3) is 0 Å². The van der Waals surface area contributed by atoms with E-state index >= 15 is 13.7 Å². The van der Waals surface area contributed by atoms with Crippen LogP contribution in [0, 0.1) is 0 Å². The minimum atomic E-state index is -5.02. The second kappa shape index (κ2) is 27.9. The number of rotatable bonds is 28. The van der Waals surface area contributed by atoms with Gasteiger partial charge in [0.2, 0.25) is 0 Å². The molecule has 20 heteroatoms. The van der Waals surface area contributed by atoms with E-state index in [1.54, 1.807) is 146 Å². The summed E-state index contributed by atoms with van der Waals surface area (Å²) in [5, 5.41) is 0. The smallest absolute Gasteiger partial charge is 0.457 e. The number of ketones is 1. The van der Waals surface area contributed by atoms with Crippen molar-refractivity contribution in [2.75, 3.05) is 0 Å². The van der Waals surface area contributed by atoms with Gasteiger partial charge >= 0.3 is 29.4 Å². The lowest BCUT2D eigenvalue weighted by Gasteiger charge is -2.46. The quantitative estimate of drug-likeness (QED) is 0.0332. The van der Waals surface area contributed by atoms with Gasteiger partial charge < -0.3 is 19.0 Å². The number of hydrogen-bond donors (Lipinski definition) is 0. The van der Waals surface area contributed by atoms with Crippen LogP contribution in [-0.4, -0.2) is 54.2 Å². The Kier molecular flexibility index (Phi) is 20.6. The zero-order valence-electron chi connectivity index (χ0n) is 43.8. The SMILES string of the molecule is CC(=O)CCC(=O)O[C@H]1[C@@H]2OC3(CCCCC3)O[C@@H]2[C@H](OP(=O)(OCc2ccccc2)OCc2ccccc2)[C@@H](OP(=O)(OCc2ccccc2)OCc2ccccc2)[C@@H]1OP(=O)(OCc1ccccc1)OCc1ccccc1. The second-order valence-electron chi connectivity index (χ2n) is 19.4. The van der Waals surface area contributed by atoms with E-state index in [-0.39, 0.29) is 58.3 Å². The summed E-state index contributed by atoms with van der Waals surface area (Å²) in [4.78, 5) is 26.6. The molecule has 2 aliphatic carbocycles. The van der Waals surface area contributed by atoms with Crippen molar-refractivity contribution in [2.24, 2.45) is 0 Å². The molecule has 0 N–H and O–H groups in total. The van der Waals surface area contributed by atoms with Gasteiger partial charge in [-0.15, -0.1) is 0 Å². The summed E-state index contributed by atoms with van der Waals surface area (Å²) >= 11 is 0. The van der Waals surface area contributed by atoms with E-state index in [0.717, 1.165) is 6.42 Å². The molecular formula is C59H65O17P3. The molecule has 3 fully saturated rings. The maximum Gasteiger partial charge on any atom is 0.475 e. The van der Waals surface area contributed by atoms with E-state index in [1.165, 1.54) is 6.92 Å². The normalized spacial score (nSPS) is 21.1. The minimum absolute atomic E-state index is 0.187. The number of esters is 1. The third kappa shape index (κ3) is 16.9. The van der Waals surface area contributed by atoms with E-state index < -0.39 is 71.8 Å². The molecule has 1 saturated heterocycles. The lowest BCUT2D eigenvalue weighted by Crippen LogP contribution is -2.65. The van der Waals surface area contributed by atoms with Crippen LogP contribution >= 0.6 is 23.5 Å². The van der Waals surface area contributed by atoms with Crippen molar-refractivity contribution >= 4 is 35.2 Å². The van der Waals surface area contributed by atoms with Gasteiger partial charge in [0.25, 0.3) is 0 Å². The Morgan fingerprint density at radius 1 is 0.405 bits per heavy atom. The van der Waals surface area contributed by atoms with Crippen molar-refractivity contribution in [1.82, 2.24) is 0 Å². The molecule has 2 saturated carbocycles. The fourth-order valence-electron chi connectivity index (χ4n) is 9.33. The highest BCUT2D eigenvalue weighted by atomic mass is 31.2. The van der Waals surface area contributed by atoms with Crippen LogP contribution in [-0.2, 0) is 118 Å². The summed E-state index contributed by atoms with van der Waals surface area (Å²) in [7, 11) is -14.9. The second-order valence-corrected chi connectivity index (χ2v) is 24.3. The Morgan fingerprint density at radius 3 is 0.987 bits per heavy atom. The fraction of sp³-hybridized carbons (Fsp3) is 0.356. The third-order valence-corrected chi connectivity index (χ3v) is 17.5. The molecule has 17 nitrogen and oxygen atoms in total. The highest BCUT2D eigenvalue weighted by Crippen LogP contribution is 2.62. The molecule has 6 atom stereocenters. The molecule has 3 aliphatic rings. The summed E-state index contributed by atoms with van der Waals surface area (Å²) in [6, 6.07) is 53.4. The molecule has 79 heavy (non-hydrogen) atoms. The third-order valence-electron chi connectivity index (χ3n) is 13.4. The van der Waals surface area contributed by atoms with Gasteiger partial charge in [0, 0.05) is 19.3 Å². The van der Waals surface area contributed by atoms with Crippen molar-refractivity contribution in [3.8, 4) is 0 Å². The van der Waals surface area contributed by atoms with Crippen molar-refractivity contribution in [3.63, 3.8) is 0 Å². The monoisotopic (exact) mass is 1140 g/mol. The summed E-state index contributed by atoms with van der Waals surface area (Å²) in [6.07, 6.45) is -7.86. The number of benzene rings is 6. The predicted molar refractivity (Wildman–Crippen MR) is 290 cm³/mol. The number of carbonyl (C=O) groups excluding carboxylic acids is 2. The molecule has 6 aromatic rings. The van der Waals surface area contributed by atoms with E-state index in [9.17, 15) is 9.59 Å². The largest absolute Gasteiger partial charge is 0.475 e. The molecule has 0 unspecified atom stereocenters. The summed E-state index contributed by atoms with van der Waals surface area (Å²) in [6.45, 7) is -0.445. The average molecular weight is 1140 g/mol. The minimum Gasteiger partial charge on any atom is -0.457 e. The average Bonchev–Trinajstić information content (AvgIpc) is 3.88. The summed E-state index contributed by atoms with van der Waals surface area (Å²) in [5.41, 5.74) is 3.58. The molecule has 0 bridgehead atoms. The lowest BCUT2D eigenvalue weighted by atomic mass is 9.85. The van der Waals surface area contributed by atoms with Crippen molar-refractivity contribution in [2.45, 2.75) is 134 Å². The van der Waals surface area contributed by atoms with Gasteiger partial charge in [0.15, 0.2) is 11.9 Å². The first-order valence-corrected chi connectivity index (χ1v) is 30.7. The fourth-order valence-corrected chi connectivity index (χ4v) is 13.4. The van der Waals surface area contributed by atoms with Crippen LogP contribution in [0.5, 0.6) is 0 Å². The molecule has 0 radical (unpaired) electrons. The molecular weight excluding hydrogens is 1070 g/mol. The van der Waals surface area contributed by atoms with Crippen LogP contribution in [0.4, 0.5) is 0 Å². The Balaban J connectivity index is 1.21. The topological polar surface area (TPSA) is 196 Å². The maximum absolute atomic E-state index is 15.9. The first-order valence-electron chi connectivity index (χ1n) is 26.4. The van der Waals surface area contributed by atoms with Gasteiger partial charge in [-0.05, 0) is 53.1 Å². The molecule has 1 aliphatic heterocycles. The Morgan fingerprint density at radius 2 is 0.684 bits per heavy atom. The van der Waals surface area contributed by atoms with E-state index in [2.05, 4.69) is 0 Å². The molecule has 1 heterocycles. The number of fused-ring (bicyclic) bond motifs is 1. The van der Waals surface area contributed by atoms with Crippen LogP contribution in [0.15, 0.2) is 182 Å². The summed E-state index contributed by atoms with van der Waals surface area (Å²) < 4.78 is 126. The van der Waals surface area contributed by atoms with Gasteiger partial charge in [-0.3, -0.25) is 45.5 Å². The standard InChI is InChI=1S/C59H65O17P3/c1-45(60)35-36-52(61)71-53-54-55(73-59(72-54)37-21-8-22-38-59)57(75-78(63,67-41-48-27-13-4-14-28-48)68-42-49-29-15-5-16-30-49)58(76-79(64,69-43-50-31-17-6-18-32-50)70-44-51-33-19-7-20-34-51)56(53)74-77(62,65-39-46-23-9-2-10-24-46)66-40-47-25-11-3-12-26-47/h2-7,9-20,23-34,53-58H,8,21-22,35-44H2,1H3/t53-,54-,55-,56+,57-,58-/m0/s1. The lowest BCUT2D eigenvalue weighted by molar-refractivity contribution is -0.209. The number of phosphoric ester groups is 3. The number of ether oxygens (including phenoxy) is 3. The molecule has 0 aromatic heterocycles. The zero-order valence-corrected chi connectivity index (χ0v) is 46.4. The molecule has 0 amide bonds. The zero-order chi connectivity index (χ0) is 55.0. The van der Waals surface area contributed by atoms with Gasteiger partial charge in [0.1, 0.15) is 36.3 Å². The van der Waals surface area contributed by atoms with E-state index in [4.69, 9.17) is 54.9 Å². The molecule has 418 valence electrons. The van der Waals surface area contributed by atoms with Crippen LogP contribution in [0.1, 0.15) is 85.3 Å². The van der Waals surface area contributed by atoms with Crippen LogP contribution in [0.2, 0.25) is 0 Å². The first kappa shape index (κ1) is 58.4. The van der Waals surface area contributed by atoms with Gasteiger partial charge in [-0.25, -0.2) is 13.7 Å². The van der Waals surface area contributed by atoms with Crippen LogP contribution in [0.3, 0.4) is 0 Å². The van der Waals surface area contributed by atoms with Gasteiger partial charge in [-0.1, -0.05) is 188 Å². The maximum atomic E-state index is 15.9. The molecule has 6 aromatic carbocycles. The van der Waals surface area contributed by atoms with Crippen molar-refractivity contribution < 1.29 is 78.2 Å².